The van der Waals surface area contributed by atoms with Gasteiger partial charge >= 0.3 is 6.09 Å². The van der Waals surface area contributed by atoms with Crippen LogP contribution in [0.15, 0.2) is 30.3 Å². The Morgan fingerprint density at radius 2 is 1.88 bits per heavy atom. The number of ether oxygens (including phenoxy) is 1. The fourth-order valence-electron chi connectivity index (χ4n) is 3.74. The second-order valence-corrected chi connectivity index (χ2v) is 7.13. The first-order valence-corrected chi connectivity index (χ1v) is 9.45. The standard InChI is InChI=1S/C20H26N2O4/c23-18(12-11-15-7-3-1-4-8-15)21-17(16-9-5-2-6-10-16)13-22-19(24)14-26-20(22)25/h2,5-6,9-10,15,17H,1,3-4,7-8,11-14H2,(H,21,23). The first-order valence-electron chi connectivity index (χ1n) is 9.45. The molecule has 2 fully saturated rings. The van der Waals surface area contributed by atoms with Crippen molar-refractivity contribution in [3.05, 3.63) is 35.9 Å². The lowest BCUT2D eigenvalue weighted by molar-refractivity contribution is -0.127. The lowest BCUT2D eigenvalue weighted by atomic mass is 9.86. The third-order valence-corrected chi connectivity index (χ3v) is 5.25. The number of rotatable bonds is 7. The number of amides is 3. The zero-order valence-electron chi connectivity index (χ0n) is 15.0. The monoisotopic (exact) mass is 358 g/mol. The highest BCUT2D eigenvalue weighted by molar-refractivity contribution is 5.97. The average Bonchev–Trinajstić information content (AvgIpc) is 2.99. The summed E-state index contributed by atoms with van der Waals surface area (Å²) < 4.78 is 4.77. The Kier molecular flexibility index (Phi) is 6.26. The summed E-state index contributed by atoms with van der Waals surface area (Å²) in [6, 6.07) is 8.99. The molecule has 0 spiro atoms. The molecule has 1 saturated heterocycles. The second-order valence-electron chi connectivity index (χ2n) is 7.13. The first kappa shape index (κ1) is 18.4. The van der Waals surface area contributed by atoms with Crippen LogP contribution in [0.5, 0.6) is 0 Å². The van der Waals surface area contributed by atoms with Gasteiger partial charge in [0.25, 0.3) is 5.91 Å². The maximum Gasteiger partial charge on any atom is 0.417 e. The Morgan fingerprint density at radius 1 is 1.15 bits per heavy atom. The van der Waals surface area contributed by atoms with Crippen LogP contribution in [0.3, 0.4) is 0 Å². The van der Waals surface area contributed by atoms with Crippen molar-refractivity contribution in [3.63, 3.8) is 0 Å². The van der Waals surface area contributed by atoms with Gasteiger partial charge in [-0.25, -0.2) is 9.69 Å². The van der Waals surface area contributed by atoms with Crippen molar-refractivity contribution in [1.29, 1.82) is 0 Å². The van der Waals surface area contributed by atoms with Crippen LogP contribution in [0.2, 0.25) is 0 Å². The van der Waals surface area contributed by atoms with Crippen LogP contribution in [0, 0.1) is 5.92 Å². The third kappa shape index (κ3) is 4.84. The lowest BCUT2D eigenvalue weighted by Gasteiger charge is -2.24. The summed E-state index contributed by atoms with van der Waals surface area (Å²) in [4.78, 5) is 37.1. The number of carbonyl (C=O) groups is 3. The zero-order chi connectivity index (χ0) is 18.4. The molecule has 140 valence electrons. The minimum Gasteiger partial charge on any atom is -0.439 e. The van der Waals surface area contributed by atoms with Crippen molar-refractivity contribution in [3.8, 4) is 0 Å². The lowest BCUT2D eigenvalue weighted by Crippen LogP contribution is -2.40. The normalized spacial score (nSPS) is 19.3. The molecule has 1 heterocycles. The van der Waals surface area contributed by atoms with Crippen molar-refractivity contribution in [2.45, 2.75) is 51.0 Å². The van der Waals surface area contributed by atoms with E-state index in [0.29, 0.717) is 12.3 Å². The average molecular weight is 358 g/mol. The number of hydrogen-bond donors (Lipinski definition) is 1. The van der Waals surface area contributed by atoms with Gasteiger partial charge in [-0.1, -0.05) is 62.4 Å². The quantitative estimate of drug-likeness (QED) is 0.812. The molecular weight excluding hydrogens is 332 g/mol. The number of hydrogen-bond acceptors (Lipinski definition) is 4. The summed E-state index contributed by atoms with van der Waals surface area (Å²) in [6.45, 7) is -0.132. The predicted molar refractivity (Wildman–Crippen MR) is 96.2 cm³/mol. The van der Waals surface area contributed by atoms with E-state index in [4.69, 9.17) is 4.74 Å². The third-order valence-electron chi connectivity index (χ3n) is 5.25. The van der Waals surface area contributed by atoms with Crippen molar-refractivity contribution >= 4 is 17.9 Å². The molecule has 2 aliphatic rings. The molecule has 3 rings (SSSR count). The SMILES string of the molecule is O=C(CCC1CCCCC1)NC(CN1C(=O)COC1=O)c1ccccc1. The number of nitrogens with one attached hydrogen (secondary N) is 1. The Bertz CT molecular complexity index is 624. The van der Waals surface area contributed by atoms with Crippen LogP contribution >= 0.6 is 0 Å². The van der Waals surface area contributed by atoms with E-state index >= 15 is 0 Å². The van der Waals surface area contributed by atoms with Crippen molar-refractivity contribution < 1.29 is 19.1 Å². The maximum atomic E-state index is 12.5. The Balaban J connectivity index is 1.60. The van der Waals surface area contributed by atoms with Gasteiger partial charge in [-0.3, -0.25) is 9.59 Å². The van der Waals surface area contributed by atoms with Gasteiger partial charge in [0, 0.05) is 6.42 Å². The molecule has 6 heteroatoms. The van der Waals surface area contributed by atoms with E-state index in [1.165, 1.54) is 32.1 Å². The molecule has 26 heavy (non-hydrogen) atoms. The highest BCUT2D eigenvalue weighted by atomic mass is 16.6. The molecule has 1 aliphatic carbocycles. The van der Waals surface area contributed by atoms with Gasteiger partial charge in [0.05, 0.1) is 12.6 Å². The van der Waals surface area contributed by atoms with Crippen LogP contribution in [-0.4, -0.2) is 36.0 Å². The summed E-state index contributed by atoms with van der Waals surface area (Å²) in [7, 11) is 0. The molecule has 1 saturated carbocycles. The van der Waals surface area contributed by atoms with Crippen LogP contribution in [-0.2, 0) is 14.3 Å². The number of cyclic esters (lactones) is 1. The Hall–Kier alpha value is -2.37. The molecule has 1 aromatic carbocycles. The summed E-state index contributed by atoms with van der Waals surface area (Å²) in [6.07, 6.45) is 6.99. The van der Waals surface area contributed by atoms with E-state index in [-0.39, 0.29) is 25.0 Å². The molecule has 1 aromatic rings. The second kappa shape index (κ2) is 8.83. The van der Waals surface area contributed by atoms with Crippen LogP contribution in [0.1, 0.15) is 56.6 Å². The van der Waals surface area contributed by atoms with Gasteiger partial charge < -0.3 is 10.1 Å². The predicted octanol–water partition coefficient (Wildman–Crippen LogP) is 3.18. The molecule has 1 atom stereocenters. The van der Waals surface area contributed by atoms with Crippen molar-refractivity contribution in [1.82, 2.24) is 10.2 Å². The molecular formula is C20H26N2O4. The number of imide groups is 1. The van der Waals surface area contributed by atoms with Crippen LogP contribution in [0.4, 0.5) is 4.79 Å². The van der Waals surface area contributed by atoms with E-state index in [1.54, 1.807) is 0 Å². The summed E-state index contributed by atoms with van der Waals surface area (Å²) in [5.74, 6) is 0.233. The maximum absolute atomic E-state index is 12.5. The van der Waals surface area contributed by atoms with Gasteiger partial charge in [-0.05, 0) is 17.9 Å². The molecule has 0 radical (unpaired) electrons. The smallest absolute Gasteiger partial charge is 0.417 e. The molecule has 1 N–H and O–H groups in total. The van der Waals surface area contributed by atoms with Gasteiger partial charge in [0.2, 0.25) is 5.91 Å². The van der Waals surface area contributed by atoms with Gasteiger partial charge in [-0.2, -0.15) is 0 Å². The number of carbonyl (C=O) groups excluding carboxylic acids is 3. The first-order chi connectivity index (χ1) is 12.6. The van der Waals surface area contributed by atoms with Crippen molar-refractivity contribution in [2.24, 2.45) is 5.92 Å². The Labute approximate surface area is 153 Å². The van der Waals surface area contributed by atoms with Crippen LogP contribution < -0.4 is 5.32 Å². The van der Waals surface area contributed by atoms with E-state index < -0.39 is 12.1 Å². The molecule has 1 aliphatic heterocycles. The summed E-state index contributed by atoms with van der Waals surface area (Å²) >= 11 is 0. The number of benzene rings is 1. The molecule has 0 bridgehead atoms. The minimum atomic E-state index is -0.646. The van der Waals surface area contributed by atoms with Gasteiger partial charge in [-0.15, -0.1) is 0 Å². The zero-order valence-corrected chi connectivity index (χ0v) is 15.0. The van der Waals surface area contributed by atoms with E-state index in [9.17, 15) is 14.4 Å². The minimum absolute atomic E-state index is 0.0376. The van der Waals surface area contributed by atoms with E-state index in [2.05, 4.69) is 5.32 Å². The van der Waals surface area contributed by atoms with Crippen molar-refractivity contribution in [2.75, 3.05) is 13.2 Å². The highest BCUT2D eigenvalue weighted by Crippen LogP contribution is 2.27. The largest absolute Gasteiger partial charge is 0.439 e. The summed E-state index contributed by atoms with van der Waals surface area (Å²) in [5.41, 5.74) is 0.867. The molecule has 6 nitrogen and oxygen atoms in total. The molecule has 3 amide bonds. The Morgan fingerprint density at radius 3 is 2.54 bits per heavy atom. The van der Waals surface area contributed by atoms with Gasteiger partial charge in [0.1, 0.15) is 0 Å². The molecule has 1 unspecified atom stereocenters. The summed E-state index contributed by atoms with van der Waals surface area (Å²) in [5, 5.41) is 3.00. The fourth-order valence-corrected chi connectivity index (χ4v) is 3.74. The molecule has 0 aromatic heterocycles. The fraction of sp³-hybridized carbons (Fsp3) is 0.550. The highest BCUT2D eigenvalue weighted by Gasteiger charge is 2.33. The topological polar surface area (TPSA) is 75.7 Å². The van der Waals surface area contributed by atoms with E-state index in [1.807, 2.05) is 30.3 Å². The van der Waals surface area contributed by atoms with Crippen LogP contribution in [0.25, 0.3) is 0 Å². The van der Waals surface area contributed by atoms with E-state index in [0.717, 1.165) is 16.9 Å². The number of nitrogens with zero attached hydrogens (tertiary/aromatic N) is 1. The van der Waals surface area contributed by atoms with Gasteiger partial charge in [0.15, 0.2) is 6.61 Å².